The van der Waals surface area contributed by atoms with Gasteiger partial charge in [-0.15, -0.1) is 0 Å². The first-order chi connectivity index (χ1) is 9.43. The van der Waals surface area contributed by atoms with Gasteiger partial charge in [0.15, 0.2) is 0 Å². The maximum atomic E-state index is 4.22. The van der Waals surface area contributed by atoms with Gasteiger partial charge in [0.25, 0.3) is 0 Å². The number of unbranched alkanes of at least 4 members (excludes halogenated alkanes) is 11. The molecule has 0 bridgehead atoms. The van der Waals surface area contributed by atoms with Crippen molar-refractivity contribution in [2.75, 3.05) is 18.1 Å². The first-order valence-electron chi connectivity index (χ1n) is 8.60. The van der Waals surface area contributed by atoms with E-state index in [1.165, 1.54) is 88.6 Å². The van der Waals surface area contributed by atoms with E-state index in [2.05, 4.69) is 17.5 Å². The minimum atomic E-state index is 0.100. The number of thiol groups is 1. The van der Waals surface area contributed by atoms with Crippen LogP contribution >= 0.6 is 10.9 Å². The Balaban J connectivity index is 1.68. The molecule has 1 atom stereocenters. The predicted molar refractivity (Wildman–Crippen MR) is 92.1 cm³/mol. The predicted octanol–water partition coefficient (Wildman–Crippen LogP) is 5.61. The van der Waals surface area contributed by atoms with Crippen molar-refractivity contribution in [3.63, 3.8) is 0 Å². The van der Waals surface area contributed by atoms with Gasteiger partial charge in [-0.1, -0.05) is 77.6 Å². The third kappa shape index (κ3) is 10.5. The summed E-state index contributed by atoms with van der Waals surface area (Å²) in [6.07, 6.45) is 17.4. The quantitative estimate of drug-likeness (QED) is 0.333. The van der Waals surface area contributed by atoms with E-state index < -0.39 is 0 Å². The van der Waals surface area contributed by atoms with Crippen LogP contribution in [-0.2, 0) is 0 Å². The van der Waals surface area contributed by atoms with Crippen molar-refractivity contribution in [3.8, 4) is 0 Å². The monoisotopic (exact) mass is 284 g/mol. The highest BCUT2D eigenvalue weighted by atomic mass is 32.2. The van der Waals surface area contributed by atoms with Crippen molar-refractivity contribution < 1.29 is 0 Å². The van der Waals surface area contributed by atoms with Gasteiger partial charge >= 0.3 is 0 Å². The molecule has 2 heteroatoms. The molecule has 19 heavy (non-hydrogen) atoms. The summed E-state index contributed by atoms with van der Waals surface area (Å²) >= 11 is 0. The highest BCUT2D eigenvalue weighted by molar-refractivity contribution is 8.28. The average Bonchev–Trinajstić information content (AvgIpc) is 2.93. The maximum Gasteiger partial charge on any atom is 0.101 e. The van der Waals surface area contributed by atoms with Crippen LogP contribution in [0.3, 0.4) is 0 Å². The van der Waals surface area contributed by atoms with E-state index in [0.29, 0.717) is 0 Å². The summed E-state index contributed by atoms with van der Waals surface area (Å²) in [7, 11) is 0.100. The Bertz CT molecular complexity index is 215. The second-order valence-electron chi connectivity index (χ2n) is 5.86. The first kappa shape index (κ1) is 17.1. The largest absolute Gasteiger partial charge is 0.277 e. The summed E-state index contributed by atoms with van der Waals surface area (Å²) in [5, 5.41) is 0. The van der Waals surface area contributed by atoms with Crippen LogP contribution in [0.25, 0.3) is 0 Å². The fraction of sp³-hybridized carbons (Fsp3) is 0.941. The molecule has 0 spiro atoms. The molecule has 0 N–H and O–H groups in total. The number of nitrogens with zero attached hydrogens (tertiary/aromatic N) is 1. The molecule has 1 aliphatic rings. The lowest BCUT2D eigenvalue weighted by Crippen LogP contribution is -1.92. The van der Waals surface area contributed by atoms with E-state index in [1.54, 1.807) is 0 Å². The van der Waals surface area contributed by atoms with Gasteiger partial charge in [0, 0.05) is 6.54 Å². The molecular weight excluding hydrogens is 250 g/mol. The molecule has 0 saturated carbocycles. The average molecular weight is 285 g/mol. The molecule has 1 nitrogen and oxygen atoms in total. The molecule has 1 radical (unpaired) electrons. The summed E-state index contributed by atoms with van der Waals surface area (Å²) in [5.41, 5.74) is 3.29. The lowest BCUT2D eigenvalue weighted by Gasteiger charge is -2.09. The van der Waals surface area contributed by atoms with Crippen molar-refractivity contribution in [1.29, 1.82) is 0 Å². The molecule has 1 unspecified atom stereocenters. The molecule has 0 aromatic rings. The zero-order valence-corrected chi connectivity index (χ0v) is 13.9. The fourth-order valence-electron chi connectivity index (χ4n) is 2.68. The zero-order valence-electron chi connectivity index (χ0n) is 13.0. The van der Waals surface area contributed by atoms with Crippen molar-refractivity contribution in [2.24, 2.45) is 4.99 Å². The zero-order chi connectivity index (χ0) is 13.6. The maximum absolute atomic E-state index is 4.22. The van der Waals surface area contributed by atoms with Crippen molar-refractivity contribution in [1.82, 2.24) is 0 Å². The van der Waals surface area contributed by atoms with E-state index in [4.69, 9.17) is 0 Å². The Kier molecular flexibility index (Phi) is 11.7. The van der Waals surface area contributed by atoms with E-state index in [-0.39, 0.29) is 10.9 Å². The second-order valence-corrected chi connectivity index (χ2v) is 8.03. The Morgan fingerprint density at radius 2 is 1.32 bits per heavy atom. The normalized spacial score (nSPS) is 20.2. The highest BCUT2D eigenvalue weighted by Gasteiger charge is 2.05. The van der Waals surface area contributed by atoms with Crippen LogP contribution in [0.4, 0.5) is 0 Å². The lowest BCUT2D eigenvalue weighted by atomic mass is 10.1. The molecule has 1 heterocycles. The summed E-state index contributed by atoms with van der Waals surface area (Å²) < 4.78 is 0. The number of aliphatic imine (C=N–C) groups is 1. The summed E-state index contributed by atoms with van der Waals surface area (Å²) in [4.78, 5) is 4.22. The van der Waals surface area contributed by atoms with Gasteiger partial charge < -0.3 is 0 Å². The molecule has 0 aromatic carbocycles. The molecule has 0 amide bonds. The van der Waals surface area contributed by atoms with Crippen molar-refractivity contribution >= 4 is 16.4 Å². The van der Waals surface area contributed by atoms with Crippen LogP contribution in [0.5, 0.6) is 0 Å². The summed E-state index contributed by atoms with van der Waals surface area (Å²) in [5.74, 6) is 2.73. The van der Waals surface area contributed by atoms with Gasteiger partial charge in [0.05, 0.1) is 0 Å². The summed E-state index contributed by atoms with van der Waals surface area (Å²) in [6.45, 7) is 3.35. The molecule has 1 aliphatic heterocycles. The highest BCUT2D eigenvalue weighted by Crippen LogP contribution is 2.27. The van der Waals surface area contributed by atoms with Crippen LogP contribution in [0.2, 0.25) is 0 Å². The van der Waals surface area contributed by atoms with E-state index in [1.807, 2.05) is 0 Å². The topological polar surface area (TPSA) is 12.4 Å². The number of hydrogen-bond donors (Lipinski definition) is 1. The van der Waals surface area contributed by atoms with Crippen LogP contribution in [0.15, 0.2) is 4.99 Å². The fourth-order valence-corrected chi connectivity index (χ4v) is 4.35. The van der Waals surface area contributed by atoms with Crippen molar-refractivity contribution in [2.45, 2.75) is 84.0 Å². The standard InChI is InChI=1S/C17H34NS/c1-2-3-4-5-6-7-8-9-10-11-12-13-15-19-16-14-18-17-19/h19H,2-16H2,1H3. The number of hydrogen-bond acceptors (Lipinski definition) is 1. The SMILES string of the molecule is CCCCCCCCCCCCCC[SH]1[C]=NCC1. The van der Waals surface area contributed by atoms with Crippen molar-refractivity contribution in [3.05, 3.63) is 0 Å². The van der Waals surface area contributed by atoms with Crippen LogP contribution < -0.4 is 0 Å². The molecule has 1 rings (SSSR count). The van der Waals surface area contributed by atoms with Crippen LogP contribution in [-0.4, -0.2) is 23.6 Å². The minimum absolute atomic E-state index is 0.100. The molecule has 0 saturated heterocycles. The van der Waals surface area contributed by atoms with Gasteiger partial charge in [-0.05, 0) is 17.9 Å². The Labute approximate surface area is 124 Å². The molecule has 113 valence electrons. The minimum Gasteiger partial charge on any atom is -0.277 e. The molecule has 0 aromatic heterocycles. The van der Waals surface area contributed by atoms with Crippen LogP contribution in [0.1, 0.15) is 84.0 Å². The lowest BCUT2D eigenvalue weighted by molar-refractivity contribution is 0.548. The van der Waals surface area contributed by atoms with E-state index >= 15 is 0 Å². The van der Waals surface area contributed by atoms with Gasteiger partial charge in [-0.25, -0.2) is 10.9 Å². The van der Waals surface area contributed by atoms with Gasteiger partial charge in [-0.3, -0.25) is 4.99 Å². The summed E-state index contributed by atoms with van der Waals surface area (Å²) in [6, 6.07) is 0. The van der Waals surface area contributed by atoms with E-state index in [0.717, 1.165) is 6.54 Å². The Hall–Kier alpha value is 0.0200. The number of rotatable bonds is 13. The molecule has 0 aliphatic carbocycles. The Morgan fingerprint density at radius 1 is 0.789 bits per heavy atom. The van der Waals surface area contributed by atoms with E-state index in [9.17, 15) is 0 Å². The molecule has 0 fully saturated rings. The third-order valence-electron chi connectivity index (χ3n) is 3.98. The smallest absolute Gasteiger partial charge is 0.101 e. The second kappa shape index (κ2) is 13.0. The van der Waals surface area contributed by atoms with Gasteiger partial charge in [0.1, 0.15) is 5.55 Å². The molecular formula is C17H34NS. The Morgan fingerprint density at radius 3 is 1.79 bits per heavy atom. The first-order valence-corrected chi connectivity index (χ1v) is 10.3. The third-order valence-corrected chi connectivity index (χ3v) is 6.00. The van der Waals surface area contributed by atoms with Gasteiger partial charge in [-0.2, -0.15) is 0 Å². The van der Waals surface area contributed by atoms with Gasteiger partial charge in [0.2, 0.25) is 0 Å². The van der Waals surface area contributed by atoms with Crippen LogP contribution in [0, 0.1) is 0 Å².